The van der Waals surface area contributed by atoms with Gasteiger partial charge < -0.3 is 5.73 Å². The summed E-state index contributed by atoms with van der Waals surface area (Å²) in [4.78, 5) is 12.0. The molecule has 0 spiro atoms. The van der Waals surface area contributed by atoms with Gasteiger partial charge in [0.05, 0.1) is 5.69 Å². The van der Waals surface area contributed by atoms with Crippen molar-refractivity contribution in [3.8, 4) is 0 Å². The summed E-state index contributed by atoms with van der Waals surface area (Å²) in [5.74, 6) is 0. The van der Waals surface area contributed by atoms with Crippen LogP contribution in [0, 0.1) is 0 Å². The molecule has 1 aromatic rings. The van der Waals surface area contributed by atoms with Crippen molar-refractivity contribution >= 4 is 5.69 Å². The first-order chi connectivity index (χ1) is 7.67. The highest BCUT2D eigenvalue weighted by atomic mass is 16.1. The summed E-state index contributed by atoms with van der Waals surface area (Å²) < 4.78 is 3.87. The fourth-order valence-electron chi connectivity index (χ4n) is 2.03. The van der Waals surface area contributed by atoms with E-state index in [9.17, 15) is 4.79 Å². The van der Waals surface area contributed by atoms with Crippen LogP contribution in [-0.4, -0.2) is 9.36 Å². The van der Waals surface area contributed by atoms with Crippen molar-refractivity contribution in [3.63, 3.8) is 0 Å². The maximum atomic E-state index is 12.0. The number of anilines is 1. The fourth-order valence-corrected chi connectivity index (χ4v) is 2.03. The highest BCUT2D eigenvalue weighted by Crippen LogP contribution is 2.11. The normalized spacial score (nSPS) is 10.9. The molecule has 0 radical (unpaired) electrons. The molecule has 0 aromatic carbocycles. The second kappa shape index (κ2) is 5.77. The quantitative estimate of drug-likeness (QED) is 0.805. The lowest BCUT2D eigenvalue weighted by Crippen LogP contribution is -2.24. The predicted octanol–water partition coefficient (Wildman–Crippen LogP) is 2.00. The lowest BCUT2D eigenvalue weighted by molar-refractivity contribution is 0.416. The molecule has 92 valence electrons. The van der Waals surface area contributed by atoms with Gasteiger partial charge in [-0.3, -0.25) is 9.48 Å². The van der Waals surface area contributed by atoms with Gasteiger partial charge in [0.1, 0.15) is 5.69 Å². The molecule has 0 atom stereocenters. The minimum Gasteiger partial charge on any atom is -0.393 e. The largest absolute Gasteiger partial charge is 0.393 e. The van der Waals surface area contributed by atoms with Crippen LogP contribution in [0.5, 0.6) is 0 Å². The zero-order valence-corrected chi connectivity index (χ0v) is 10.6. The number of hydrogen-bond acceptors (Lipinski definition) is 2. The average molecular weight is 225 g/mol. The van der Waals surface area contributed by atoms with Crippen LogP contribution in [0.1, 0.15) is 45.7 Å². The average Bonchev–Trinajstić information content (AvgIpc) is 2.50. The summed E-state index contributed by atoms with van der Waals surface area (Å²) in [7, 11) is 0. The van der Waals surface area contributed by atoms with Crippen LogP contribution in [0.2, 0.25) is 0 Å². The van der Waals surface area contributed by atoms with Gasteiger partial charge >= 0.3 is 0 Å². The molecule has 4 nitrogen and oxygen atoms in total. The van der Waals surface area contributed by atoms with Crippen LogP contribution in [-0.2, 0) is 19.5 Å². The molecular weight excluding hydrogens is 202 g/mol. The Labute approximate surface area is 97.0 Å². The van der Waals surface area contributed by atoms with Gasteiger partial charge in [-0.05, 0) is 19.3 Å². The zero-order chi connectivity index (χ0) is 12.1. The topological polar surface area (TPSA) is 52.9 Å². The van der Waals surface area contributed by atoms with Gasteiger partial charge in [-0.25, -0.2) is 4.68 Å². The number of nitrogens with two attached hydrogens (primary N) is 1. The monoisotopic (exact) mass is 225 g/mol. The summed E-state index contributed by atoms with van der Waals surface area (Å²) in [6, 6.07) is 0. The molecular formula is C12H23N3O. The van der Waals surface area contributed by atoms with Crippen molar-refractivity contribution in [1.29, 1.82) is 0 Å². The smallest absolute Gasteiger partial charge is 0.290 e. The van der Waals surface area contributed by atoms with Crippen molar-refractivity contribution in [2.45, 2.75) is 59.5 Å². The highest BCUT2D eigenvalue weighted by molar-refractivity contribution is 5.41. The molecule has 2 N–H and O–H groups in total. The van der Waals surface area contributed by atoms with E-state index in [0.29, 0.717) is 5.69 Å². The Bertz CT molecular complexity index is 390. The van der Waals surface area contributed by atoms with E-state index in [1.165, 1.54) is 0 Å². The Balaban J connectivity index is 3.16. The van der Waals surface area contributed by atoms with Gasteiger partial charge in [0, 0.05) is 13.1 Å². The van der Waals surface area contributed by atoms with E-state index in [1.807, 2.05) is 6.92 Å². The Morgan fingerprint density at radius 1 is 1.06 bits per heavy atom. The minimum atomic E-state index is -0.0150. The fraction of sp³-hybridized carbons (Fsp3) is 0.750. The second-order valence-electron chi connectivity index (χ2n) is 4.12. The maximum absolute atomic E-state index is 12.0. The summed E-state index contributed by atoms with van der Waals surface area (Å²) >= 11 is 0. The Morgan fingerprint density at radius 3 is 2.25 bits per heavy atom. The number of aromatic nitrogens is 2. The summed E-state index contributed by atoms with van der Waals surface area (Å²) in [5, 5.41) is 0. The molecule has 0 aliphatic rings. The first-order valence-electron chi connectivity index (χ1n) is 6.25. The first kappa shape index (κ1) is 12.9. The minimum absolute atomic E-state index is 0.0150. The van der Waals surface area contributed by atoms with Gasteiger partial charge in [0.25, 0.3) is 5.56 Å². The molecule has 0 saturated carbocycles. The molecule has 0 fully saturated rings. The summed E-state index contributed by atoms with van der Waals surface area (Å²) in [6.07, 6.45) is 3.95. The SMILES string of the molecule is CCCCn1c(=O)c(N)c(CC)n1CCC. The van der Waals surface area contributed by atoms with Gasteiger partial charge in [-0.1, -0.05) is 27.2 Å². The second-order valence-corrected chi connectivity index (χ2v) is 4.12. The van der Waals surface area contributed by atoms with Gasteiger partial charge in [-0.15, -0.1) is 0 Å². The molecule has 0 saturated heterocycles. The third-order valence-corrected chi connectivity index (χ3v) is 2.87. The number of unbranched alkanes of at least 4 members (excludes halogenated alkanes) is 1. The van der Waals surface area contributed by atoms with Crippen molar-refractivity contribution < 1.29 is 0 Å². The number of nitrogen functional groups attached to an aromatic ring is 1. The van der Waals surface area contributed by atoms with E-state index in [-0.39, 0.29) is 5.56 Å². The van der Waals surface area contributed by atoms with E-state index < -0.39 is 0 Å². The molecule has 1 heterocycles. The molecule has 0 amide bonds. The lowest BCUT2D eigenvalue weighted by atomic mass is 10.3. The van der Waals surface area contributed by atoms with Crippen molar-refractivity contribution in [1.82, 2.24) is 9.36 Å². The highest BCUT2D eigenvalue weighted by Gasteiger charge is 2.14. The van der Waals surface area contributed by atoms with Crippen LogP contribution < -0.4 is 11.3 Å². The molecule has 0 aliphatic heterocycles. The van der Waals surface area contributed by atoms with Crippen LogP contribution in [0.25, 0.3) is 0 Å². The molecule has 16 heavy (non-hydrogen) atoms. The number of nitrogens with zero attached hydrogens (tertiary/aromatic N) is 2. The van der Waals surface area contributed by atoms with Crippen molar-refractivity contribution in [3.05, 3.63) is 16.0 Å². The zero-order valence-electron chi connectivity index (χ0n) is 10.6. The van der Waals surface area contributed by atoms with Crippen molar-refractivity contribution in [2.24, 2.45) is 0 Å². The van der Waals surface area contributed by atoms with E-state index in [0.717, 1.165) is 44.5 Å². The van der Waals surface area contributed by atoms with Crippen LogP contribution in [0.4, 0.5) is 5.69 Å². The summed E-state index contributed by atoms with van der Waals surface area (Å²) in [6.45, 7) is 7.94. The molecule has 0 bridgehead atoms. The van der Waals surface area contributed by atoms with Gasteiger partial charge in [-0.2, -0.15) is 0 Å². The molecule has 4 heteroatoms. The standard InChI is InChI=1S/C12H23N3O/c1-4-7-9-15-12(16)11(13)10(6-3)14(15)8-5-2/h4-9,13H2,1-3H3. The third kappa shape index (κ3) is 2.31. The van der Waals surface area contributed by atoms with Crippen LogP contribution in [0.3, 0.4) is 0 Å². The van der Waals surface area contributed by atoms with Gasteiger partial charge in [0.15, 0.2) is 0 Å². The van der Waals surface area contributed by atoms with Gasteiger partial charge in [0.2, 0.25) is 0 Å². The summed E-state index contributed by atoms with van der Waals surface area (Å²) in [5.41, 5.74) is 7.27. The Morgan fingerprint density at radius 2 is 1.75 bits per heavy atom. The van der Waals surface area contributed by atoms with E-state index in [4.69, 9.17) is 5.73 Å². The van der Waals surface area contributed by atoms with Crippen LogP contribution in [0.15, 0.2) is 4.79 Å². The van der Waals surface area contributed by atoms with Crippen molar-refractivity contribution in [2.75, 3.05) is 5.73 Å². The molecule has 1 rings (SSSR count). The van der Waals surface area contributed by atoms with E-state index in [1.54, 1.807) is 4.68 Å². The Kier molecular flexibility index (Phi) is 4.65. The molecule has 1 aromatic heterocycles. The third-order valence-electron chi connectivity index (χ3n) is 2.87. The van der Waals surface area contributed by atoms with E-state index in [2.05, 4.69) is 18.5 Å². The Hall–Kier alpha value is -1.19. The number of rotatable bonds is 6. The van der Waals surface area contributed by atoms with Crippen LogP contribution >= 0.6 is 0 Å². The number of hydrogen-bond donors (Lipinski definition) is 1. The first-order valence-corrected chi connectivity index (χ1v) is 6.25. The maximum Gasteiger partial charge on any atom is 0.290 e. The van der Waals surface area contributed by atoms with E-state index >= 15 is 0 Å². The predicted molar refractivity (Wildman–Crippen MR) is 67.7 cm³/mol. The molecule has 0 unspecified atom stereocenters. The molecule has 0 aliphatic carbocycles. The lowest BCUT2D eigenvalue weighted by Gasteiger charge is -2.12.